The third kappa shape index (κ3) is 7.31. The highest BCUT2D eigenvalue weighted by molar-refractivity contribution is 7.13. The number of allylic oxidation sites excluding steroid dienone is 1. The van der Waals surface area contributed by atoms with Gasteiger partial charge in [0.05, 0.1) is 13.2 Å². The van der Waals surface area contributed by atoms with Crippen LogP contribution in [0.15, 0.2) is 54.6 Å². The number of hydrogen-bond donors (Lipinski definition) is 0. The fraction of sp³-hybridized carbons (Fsp3) is 0.444. The minimum atomic E-state index is -3.43. The van der Waals surface area contributed by atoms with Crippen LogP contribution in [0.5, 0.6) is 0 Å². The van der Waals surface area contributed by atoms with Crippen LogP contribution in [0.3, 0.4) is 0 Å². The summed E-state index contributed by atoms with van der Waals surface area (Å²) in [7, 11) is 1.31. The Hall–Kier alpha value is -2.87. The molecule has 1 fully saturated rings. The van der Waals surface area contributed by atoms with Gasteiger partial charge in [-0.2, -0.15) is 8.78 Å². The molecule has 3 rings (SSSR count). The van der Waals surface area contributed by atoms with Crippen LogP contribution in [0.2, 0.25) is 0 Å². The normalized spacial score (nSPS) is 18.2. The van der Waals surface area contributed by atoms with Gasteiger partial charge in [-0.3, -0.25) is 9.59 Å². The van der Waals surface area contributed by atoms with E-state index in [9.17, 15) is 23.2 Å². The van der Waals surface area contributed by atoms with Crippen LogP contribution in [0.25, 0.3) is 0 Å². The van der Waals surface area contributed by atoms with E-state index in [1.807, 2.05) is 25.1 Å². The van der Waals surface area contributed by atoms with E-state index < -0.39 is 30.3 Å². The Morgan fingerprint density at radius 1 is 1.17 bits per heavy atom. The molecule has 2 heterocycles. The molecular formula is C27H31F2NO4S. The summed E-state index contributed by atoms with van der Waals surface area (Å²) in [4.78, 5) is 39.0. The smallest absolute Gasteiger partial charge is 0.348 e. The lowest BCUT2D eigenvalue weighted by atomic mass is 9.96. The van der Waals surface area contributed by atoms with E-state index in [1.54, 1.807) is 12.1 Å². The number of halogens is 2. The van der Waals surface area contributed by atoms with Gasteiger partial charge in [0.25, 0.3) is 5.91 Å². The minimum Gasteiger partial charge on any atom is -0.465 e. The molecule has 1 saturated heterocycles. The molecule has 2 atom stereocenters. The molecule has 1 aromatic heterocycles. The highest BCUT2D eigenvalue weighted by atomic mass is 32.1. The number of alkyl halides is 2. The number of carbonyl (C=O) groups is 3. The van der Waals surface area contributed by atoms with Gasteiger partial charge in [-0.05, 0) is 55.9 Å². The van der Waals surface area contributed by atoms with Crippen LogP contribution in [0, 0.1) is 5.92 Å². The van der Waals surface area contributed by atoms with Gasteiger partial charge in [-0.1, -0.05) is 43.3 Å². The molecule has 188 valence electrons. The number of ether oxygens (including phenoxy) is 1. The van der Waals surface area contributed by atoms with E-state index in [-0.39, 0.29) is 18.2 Å². The van der Waals surface area contributed by atoms with Crippen molar-refractivity contribution in [3.63, 3.8) is 0 Å². The predicted octanol–water partition coefficient (Wildman–Crippen LogP) is 5.49. The van der Waals surface area contributed by atoms with Crippen LogP contribution < -0.4 is 0 Å². The van der Waals surface area contributed by atoms with Gasteiger partial charge in [0, 0.05) is 23.8 Å². The standard InChI is InChI=1S/C27H31F2NO4S/c1-19(8-6-11-20-9-4-3-5-10-20)23(31)15-13-21-18-27(28,29)26(33)30(21)17-7-12-22-14-16-24(35-22)25(32)34-2/h3-5,9-10,13-16,19,21H,6-8,11-12,17-18H2,1-2H3. The van der Waals surface area contributed by atoms with Gasteiger partial charge in [0.1, 0.15) is 4.88 Å². The number of ketones is 1. The monoisotopic (exact) mass is 503 g/mol. The number of rotatable bonds is 12. The van der Waals surface area contributed by atoms with Crippen molar-refractivity contribution >= 4 is 29.0 Å². The maximum absolute atomic E-state index is 14.2. The highest BCUT2D eigenvalue weighted by Gasteiger charge is 2.52. The summed E-state index contributed by atoms with van der Waals surface area (Å²) in [5, 5.41) is 0. The second kappa shape index (κ2) is 12.2. The van der Waals surface area contributed by atoms with E-state index in [4.69, 9.17) is 4.74 Å². The topological polar surface area (TPSA) is 63.7 Å². The summed E-state index contributed by atoms with van der Waals surface area (Å²) in [6, 6.07) is 12.7. The van der Waals surface area contributed by atoms with Gasteiger partial charge < -0.3 is 9.64 Å². The summed E-state index contributed by atoms with van der Waals surface area (Å²) in [5.41, 5.74) is 1.22. The number of amides is 1. The lowest BCUT2D eigenvalue weighted by Crippen LogP contribution is -2.36. The number of carbonyl (C=O) groups excluding carboxylic acids is 3. The van der Waals surface area contributed by atoms with Crippen molar-refractivity contribution in [2.75, 3.05) is 13.7 Å². The Labute approximate surface area is 208 Å². The number of aryl methyl sites for hydroxylation is 2. The van der Waals surface area contributed by atoms with Gasteiger partial charge in [0.2, 0.25) is 0 Å². The molecule has 35 heavy (non-hydrogen) atoms. The third-order valence-electron chi connectivity index (χ3n) is 6.22. The Morgan fingerprint density at radius 3 is 2.63 bits per heavy atom. The average Bonchev–Trinajstić information content (AvgIpc) is 3.40. The predicted molar refractivity (Wildman–Crippen MR) is 132 cm³/mol. The van der Waals surface area contributed by atoms with Gasteiger partial charge >= 0.3 is 11.9 Å². The average molecular weight is 504 g/mol. The molecule has 2 unspecified atom stereocenters. The van der Waals surface area contributed by atoms with Crippen molar-refractivity contribution in [3.8, 4) is 0 Å². The third-order valence-corrected chi connectivity index (χ3v) is 7.35. The molecule has 0 bridgehead atoms. The first-order valence-corrected chi connectivity index (χ1v) is 12.6. The SMILES string of the molecule is COC(=O)c1ccc(CCCN2C(=O)C(F)(F)CC2C=CC(=O)C(C)CCCc2ccccc2)s1. The Balaban J connectivity index is 1.52. The first kappa shape index (κ1) is 26.7. The van der Waals surface area contributed by atoms with Crippen LogP contribution >= 0.6 is 11.3 Å². The van der Waals surface area contributed by atoms with Crippen LogP contribution in [0.1, 0.15) is 52.7 Å². The Morgan fingerprint density at radius 2 is 1.91 bits per heavy atom. The molecule has 1 amide bonds. The molecule has 1 aliphatic heterocycles. The Kier molecular flexibility index (Phi) is 9.32. The van der Waals surface area contributed by atoms with Crippen LogP contribution in [0.4, 0.5) is 8.78 Å². The van der Waals surface area contributed by atoms with Gasteiger partial charge in [-0.25, -0.2) is 4.79 Å². The lowest BCUT2D eigenvalue weighted by Gasteiger charge is -2.21. The molecule has 0 saturated carbocycles. The molecule has 0 N–H and O–H groups in total. The molecule has 1 aliphatic rings. The largest absolute Gasteiger partial charge is 0.465 e. The number of likely N-dealkylation sites (tertiary alicyclic amines) is 1. The summed E-state index contributed by atoms with van der Waals surface area (Å²) in [6.07, 6.45) is 5.65. The fourth-order valence-corrected chi connectivity index (χ4v) is 5.14. The number of esters is 1. The van der Waals surface area contributed by atoms with Crippen molar-refractivity contribution in [3.05, 3.63) is 69.9 Å². The van der Waals surface area contributed by atoms with E-state index in [0.717, 1.165) is 17.7 Å². The maximum Gasteiger partial charge on any atom is 0.348 e. The Bertz CT molecular complexity index is 1050. The number of nitrogens with zero attached hydrogens (tertiary/aromatic N) is 1. The van der Waals surface area contributed by atoms with Crippen LogP contribution in [-0.2, 0) is 27.2 Å². The van der Waals surface area contributed by atoms with E-state index in [0.29, 0.717) is 24.1 Å². The van der Waals surface area contributed by atoms with Crippen molar-refractivity contribution in [2.45, 2.75) is 57.4 Å². The van der Waals surface area contributed by atoms with Gasteiger partial charge in [0.15, 0.2) is 5.78 Å². The van der Waals surface area contributed by atoms with E-state index in [2.05, 4.69) is 12.1 Å². The zero-order valence-electron chi connectivity index (χ0n) is 20.0. The number of hydrogen-bond acceptors (Lipinski definition) is 5. The van der Waals surface area contributed by atoms with Crippen molar-refractivity contribution in [1.29, 1.82) is 0 Å². The van der Waals surface area contributed by atoms with Crippen molar-refractivity contribution < 1.29 is 27.9 Å². The fourth-order valence-electron chi connectivity index (χ4n) is 4.18. The summed E-state index contributed by atoms with van der Waals surface area (Å²) in [5.74, 6) is -5.38. The quantitative estimate of drug-likeness (QED) is 0.284. The van der Waals surface area contributed by atoms with E-state index >= 15 is 0 Å². The summed E-state index contributed by atoms with van der Waals surface area (Å²) >= 11 is 1.29. The zero-order chi connectivity index (χ0) is 25.4. The molecule has 0 spiro atoms. The van der Waals surface area contributed by atoms with Gasteiger partial charge in [-0.15, -0.1) is 11.3 Å². The first-order chi connectivity index (χ1) is 16.7. The lowest BCUT2D eigenvalue weighted by molar-refractivity contribution is -0.148. The molecule has 0 aliphatic carbocycles. The zero-order valence-corrected chi connectivity index (χ0v) is 20.9. The van der Waals surface area contributed by atoms with E-state index in [1.165, 1.54) is 41.1 Å². The minimum absolute atomic E-state index is 0.116. The van der Waals surface area contributed by atoms with Crippen molar-refractivity contribution in [2.24, 2.45) is 5.92 Å². The molecular weight excluding hydrogens is 472 g/mol. The second-order valence-corrected chi connectivity index (χ2v) is 10.0. The first-order valence-electron chi connectivity index (χ1n) is 11.8. The highest BCUT2D eigenvalue weighted by Crippen LogP contribution is 2.34. The molecule has 8 heteroatoms. The van der Waals surface area contributed by atoms with Crippen molar-refractivity contribution in [1.82, 2.24) is 4.90 Å². The summed E-state index contributed by atoms with van der Waals surface area (Å²) < 4.78 is 33.0. The maximum atomic E-state index is 14.2. The molecule has 2 aromatic rings. The molecule has 5 nitrogen and oxygen atoms in total. The number of methoxy groups -OCH3 is 1. The number of benzene rings is 1. The molecule has 0 radical (unpaired) electrons. The molecule has 1 aromatic carbocycles. The number of thiophene rings is 1. The second-order valence-electron chi connectivity index (χ2n) is 8.88. The summed E-state index contributed by atoms with van der Waals surface area (Å²) in [6.45, 7) is 1.99. The van der Waals surface area contributed by atoms with Crippen LogP contribution in [-0.4, -0.2) is 48.2 Å².